The van der Waals surface area contributed by atoms with Crippen LogP contribution in [0.2, 0.25) is 0 Å². The maximum atomic E-state index is 8.58. The van der Waals surface area contributed by atoms with Gasteiger partial charge in [0.25, 0.3) is 0 Å². The molecule has 0 spiro atoms. The summed E-state index contributed by atoms with van der Waals surface area (Å²) in [7, 11) is -5.61. The van der Waals surface area contributed by atoms with Crippen LogP contribution in [-0.2, 0) is 17.4 Å². The molecule has 0 atom stereocenters. The van der Waals surface area contributed by atoms with Crippen LogP contribution in [0.25, 0.3) is 0 Å². The van der Waals surface area contributed by atoms with E-state index in [0.717, 1.165) is 0 Å². The Kier molecular flexibility index (Phi) is 10.5. The first-order valence-corrected chi connectivity index (χ1v) is 2.45. The fraction of sp³-hybridized carbons (Fsp3) is 0. The molecule has 5 nitrogen and oxygen atoms in total. The SMILES string of the molecule is [Cr+5].[O-][Si]([O-])([O-])[O-].[OH-]. The molecule has 0 rings (SSSR count). The van der Waals surface area contributed by atoms with Crippen LogP contribution < -0.4 is 19.2 Å². The first-order chi connectivity index (χ1) is 2.00. The van der Waals surface area contributed by atoms with Crippen LogP contribution in [0, 0.1) is 0 Å². The van der Waals surface area contributed by atoms with Gasteiger partial charge in [-0.25, -0.2) is 0 Å². The molecule has 41 valence electrons. The Morgan fingerprint density at radius 3 is 0.857 bits per heavy atom. The number of hydrogen-bond acceptors (Lipinski definition) is 5. The van der Waals surface area contributed by atoms with E-state index in [2.05, 4.69) is 0 Å². The normalized spacial score (nSPS) is 8.57. The zero-order valence-corrected chi connectivity index (χ0v) is 5.26. The van der Waals surface area contributed by atoms with E-state index in [1.807, 2.05) is 0 Å². The quantitative estimate of drug-likeness (QED) is 0.328. The Labute approximate surface area is 51.8 Å². The molecule has 7 heavy (non-hydrogen) atoms. The van der Waals surface area contributed by atoms with Gasteiger partial charge < -0.3 is 33.7 Å². The number of hydrogen-bond donors (Lipinski definition) is 0. The van der Waals surface area contributed by atoms with Gasteiger partial charge in [-0.2, -0.15) is 0 Å². The van der Waals surface area contributed by atoms with Crippen molar-refractivity contribution in [2.75, 3.05) is 0 Å². The van der Waals surface area contributed by atoms with E-state index in [4.69, 9.17) is 19.2 Å². The Morgan fingerprint density at radius 2 is 0.857 bits per heavy atom. The molecule has 1 N–H and O–H groups in total. The second-order valence-electron chi connectivity index (χ2n) is 0.500. The van der Waals surface area contributed by atoms with E-state index in [9.17, 15) is 0 Å². The Hall–Kier alpha value is 0.549. The summed E-state index contributed by atoms with van der Waals surface area (Å²) in [5.74, 6) is 0. The molecule has 1 radical (unpaired) electrons. The van der Waals surface area contributed by atoms with E-state index in [0.29, 0.717) is 0 Å². The summed E-state index contributed by atoms with van der Waals surface area (Å²) >= 11 is 0. The van der Waals surface area contributed by atoms with Crippen molar-refractivity contribution < 1.29 is 42.0 Å². The topological polar surface area (TPSA) is 122 Å². The molecule has 0 fully saturated rings. The maximum absolute atomic E-state index is 8.58. The third kappa shape index (κ3) is 449. The third-order valence-corrected chi connectivity index (χ3v) is 0. The second kappa shape index (κ2) is 4.70. The summed E-state index contributed by atoms with van der Waals surface area (Å²) in [5.41, 5.74) is 0. The van der Waals surface area contributed by atoms with Crippen molar-refractivity contribution in [3.63, 3.8) is 0 Å². The summed E-state index contributed by atoms with van der Waals surface area (Å²) in [6.45, 7) is 0. The summed E-state index contributed by atoms with van der Waals surface area (Å²) in [6, 6.07) is 0. The molecule has 0 aromatic heterocycles. The minimum Gasteiger partial charge on any atom is -0.894 e. The fourth-order valence-corrected chi connectivity index (χ4v) is 0. The molecular formula is HCrO5Si. The molecule has 0 aliphatic carbocycles. The summed E-state index contributed by atoms with van der Waals surface area (Å²) < 4.78 is 0. The summed E-state index contributed by atoms with van der Waals surface area (Å²) in [5, 5.41) is 0. The molecule has 0 aromatic rings. The first kappa shape index (κ1) is 15.6. The van der Waals surface area contributed by atoms with Crippen molar-refractivity contribution in [2.45, 2.75) is 0 Å². The van der Waals surface area contributed by atoms with Crippen LogP contribution >= 0.6 is 0 Å². The van der Waals surface area contributed by atoms with Gasteiger partial charge in [-0.1, -0.05) is 0 Å². The van der Waals surface area contributed by atoms with Crippen molar-refractivity contribution in [1.82, 2.24) is 0 Å². The molecule has 0 aromatic carbocycles. The van der Waals surface area contributed by atoms with Gasteiger partial charge in [0.15, 0.2) is 0 Å². The van der Waals surface area contributed by atoms with Gasteiger partial charge in [-0.15, -0.1) is 0 Å². The van der Waals surface area contributed by atoms with E-state index in [-0.39, 0.29) is 22.8 Å². The number of rotatable bonds is 0. The molecule has 7 heteroatoms. The van der Waals surface area contributed by atoms with Crippen molar-refractivity contribution in [2.24, 2.45) is 0 Å². The molecule has 0 aliphatic heterocycles. The fourth-order valence-electron chi connectivity index (χ4n) is 0. The van der Waals surface area contributed by atoms with E-state index >= 15 is 0 Å². The van der Waals surface area contributed by atoms with Crippen molar-refractivity contribution in [1.29, 1.82) is 0 Å². The minimum absolute atomic E-state index is 0. The van der Waals surface area contributed by atoms with Crippen molar-refractivity contribution in [3.8, 4) is 0 Å². The zero-order valence-electron chi connectivity index (χ0n) is 2.99. The van der Waals surface area contributed by atoms with Crippen LogP contribution in [0.1, 0.15) is 0 Å². The van der Waals surface area contributed by atoms with Crippen LogP contribution in [0.3, 0.4) is 0 Å². The maximum Gasteiger partial charge on any atom is 5.00 e. The smallest absolute Gasteiger partial charge is 0.894 e. The van der Waals surface area contributed by atoms with Crippen molar-refractivity contribution >= 4 is 9.05 Å². The standard InChI is InChI=1S/Cr.O4Si.H2O/c;1-5(2,3)4;/h;;1H2/q+5;-4;/p-1. The van der Waals surface area contributed by atoms with Crippen molar-refractivity contribution in [3.05, 3.63) is 0 Å². The monoisotopic (exact) mass is 161 g/mol. The van der Waals surface area contributed by atoms with Gasteiger partial charge in [-0.05, 0) is 0 Å². The largest absolute Gasteiger partial charge is 5.00 e. The molecule has 0 amide bonds. The second-order valence-corrected chi connectivity index (χ2v) is 1.50. The Morgan fingerprint density at radius 1 is 0.857 bits per heavy atom. The van der Waals surface area contributed by atoms with Gasteiger partial charge in [0.1, 0.15) is 0 Å². The molecule has 0 saturated carbocycles. The third-order valence-electron chi connectivity index (χ3n) is 0. The molecule has 0 unspecified atom stereocenters. The predicted molar refractivity (Wildman–Crippen MR) is 7.69 cm³/mol. The van der Waals surface area contributed by atoms with Gasteiger partial charge in [-0.3, -0.25) is 0 Å². The van der Waals surface area contributed by atoms with Gasteiger partial charge in [0.2, 0.25) is 0 Å². The molecular weight excluding hydrogens is 160 g/mol. The average molecular weight is 161 g/mol. The Balaban J connectivity index is -0.0000000800. The van der Waals surface area contributed by atoms with E-state index < -0.39 is 9.05 Å². The molecule has 0 aliphatic rings. The van der Waals surface area contributed by atoms with E-state index in [1.54, 1.807) is 0 Å². The summed E-state index contributed by atoms with van der Waals surface area (Å²) in [4.78, 5) is 34.3. The van der Waals surface area contributed by atoms with Gasteiger partial charge in [0, 0.05) is 0 Å². The molecule has 0 heterocycles. The zero-order chi connectivity index (χ0) is 4.50. The minimum atomic E-state index is -5.61. The average Bonchev–Trinajstić information content (AvgIpc) is 0.722. The van der Waals surface area contributed by atoms with E-state index in [1.165, 1.54) is 0 Å². The molecule has 0 saturated heterocycles. The van der Waals surface area contributed by atoms with Crippen LogP contribution in [0.5, 0.6) is 0 Å². The van der Waals surface area contributed by atoms with Crippen LogP contribution in [0.4, 0.5) is 0 Å². The summed E-state index contributed by atoms with van der Waals surface area (Å²) in [6.07, 6.45) is 0. The van der Waals surface area contributed by atoms with Crippen LogP contribution in [0.15, 0.2) is 0 Å². The van der Waals surface area contributed by atoms with Gasteiger partial charge >= 0.3 is 17.4 Å². The molecule has 0 bridgehead atoms. The van der Waals surface area contributed by atoms with Gasteiger partial charge in [0.05, 0.1) is 0 Å². The predicted octanol–water partition coefficient (Wildman–Crippen LogP) is -5.32. The van der Waals surface area contributed by atoms with Crippen LogP contribution in [-0.4, -0.2) is 14.5 Å². The first-order valence-electron chi connectivity index (χ1n) is 0.816. The Bertz CT molecular complexity index is 23.6.